The third-order valence-electron chi connectivity index (χ3n) is 2.36. The highest BCUT2D eigenvalue weighted by Crippen LogP contribution is 2.37. The fourth-order valence-electron chi connectivity index (χ4n) is 1.18. The van der Waals surface area contributed by atoms with E-state index >= 15 is 0 Å². The van der Waals surface area contributed by atoms with Gasteiger partial charge in [-0.3, -0.25) is 0 Å². The zero-order chi connectivity index (χ0) is 6.85. The van der Waals surface area contributed by atoms with E-state index in [2.05, 4.69) is 25.8 Å². The molecule has 1 nitrogen and oxygen atoms in total. The summed E-state index contributed by atoms with van der Waals surface area (Å²) in [5, 5.41) is 0. The van der Waals surface area contributed by atoms with E-state index in [1.165, 1.54) is 19.5 Å². The number of hydrogen-bond acceptors (Lipinski definition) is 1. The maximum absolute atomic E-state index is 2.40. The molecule has 1 aliphatic carbocycles. The zero-order valence-electron chi connectivity index (χ0n) is 6.72. The molecule has 2 atom stereocenters. The molecule has 1 rings (SSSR count). The van der Waals surface area contributed by atoms with E-state index in [1.807, 2.05) is 0 Å². The molecule has 9 heavy (non-hydrogen) atoms. The van der Waals surface area contributed by atoms with Crippen LogP contribution in [0.4, 0.5) is 0 Å². The van der Waals surface area contributed by atoms with Gasteiger partial charge < -0.3 is 4.90 Å². The van der Waals surface area contributed by atoms with Crippen LogP contribution in [0.3, 0.4) is 0 Å². The van der Waals surface area contributed by atoms with E-state index in [0.717, 1.165) is 11.8 Å². The second-order valence-corrected chi connectivity index (χ2v) is 3.33. The molecule has 0 amide bonds. The summed E-state index contributed by atoms with van der Waals surface area (Å²) < 4.78 is 0. The standard InChI is InChI=1S/C8H17N/c1-4-9(3)6-8-5-7(8)2/h7-8H,4-6H2,1-3H3. The highest BCUT2D eigenvalue weighted by atomic mass is 15.1. The minimum absolute atomic E-state index is 1.01. The molecular formula is C8H17N. The lowest BCUT2D eigenvalue weighted by molar-refractivity contribution is 0.331. The van der Waals surface area contributed by atoms with Crippen LogP contribution in [0.1, 0.15) is 20.3 Å². The molecule has 0 radical (unpaired) electrons. The first kappa shape index (κ1) is 7.07. The molecule has 0 heterocycles. The van der Waals surface area contributed by atoms with E-state index in [-0.39, 0.29) is 0 Å². The Labute approximate surface area is 58.0 Å². The van der Waals surface area contributed by atoms with Crippen molar-refractivity contribution in [3.63, 3.8) is 0 Å². The monoisotopic (exact) mass is 127 g/mol. The van der Waals surface area contributed by atoms with Gasteiger partial charge in [0.1, 0.15) is 0 Å². The highest BCUT2D eigenvalue weighted by molar-refractivity contribution is 4.84. The Morgan fingerprint density at radius 1 is 1.56 bits per heavy atom. The summed E-state index contributed by atoms with van der Waals surface area (Å²) in [7, 11) is 2.20. The number of rotatable bonds is 3. The maximum Gasteiger partial charge on any atom is 0.000914 e. The Balaban J connectivity index is 2.05. The molecule has 0 spiro atoms. The van der Waals surface area contributed by atoms with Gasteiger partial charge in [0.2, 0.25) is 0 Å². The molecule has 2 unspecified atom stereocenters. The van der Waals surface area contributed by atoms with Crippen molar-refractivity contribution in [1.82, 2.24) is 4.90 Å². The quantitative estimate of drug-likeness (QED) is 0.556. The Morgan fingerprint density at radius 3 is 2.44 bits per heavy atom. The van der Waals surface area contributed by atoms with Gasteiger partial charge in [0.15, 0.2) is 0 Å². The first-order valence-corrected chi connectivity index (χ1v) is 3.92. The van der Waals surface area contributed by atoms with Crippen molar-refractivity contribution >= 4 is 0 Å². The first-order valence-electron chi connectivity index (χ1n) is 3.92. The molecule has 0 saturated heterocycles. The molecule has 0 N–H and O–H groups in total. The normalized spacial score (nSPS) is 33.3. The minimum Gasteiger partial charge on any atom is -0.306 e. The number of hydrogen-bond donors (Lipinski definition) is 0. The summed E-state index contributed by atoms with van der Waals surface area (Å²) in [6, 6.07) is 0. The van der Waals surface area contributed by atoms with Crippen LogP contribution in [0, 0.1) is 11.8 Å². The van der Waals surface area contributed by atoms with Crippen molar-refractivity contribution < 1.29 is 0 Å². The molecule has 0 aromatic carbocycles. The van der Waals surface area contributed by atoms with Gasteiger partial charge in [-0.05, 0) is 31.8 Å². The third-order valence-corrected chi connectivity index (χ3v) is 2.36. The van der Waals surface area contributed by atoms with Crippen LogP contribution in [0.5, 0.6) is 0 Å². The van der Waals surface area contributed by atoms with Gasteiger partial charge in [0, 0.05) is 6.54 Å². The average Bonchev–Trinajstić information content (AvgIpc) is 2.47. The lowest BCUT2D eigenvalue weighted by atomic mass is 10.3. The lowest BCUT2D eigenvalue weighted by Crippen LogP contribution is -2.20. The van der Waals surface area contributed by atoms with E-state index in [0.29, 0.717) is 0 Å². The van der Waals surface area contributed by atoms with Crippen LogP contribution >= 0.6 is 0 Å². The van der Waals surface area contributed by atoms with Crippen LogP contribution < -0.4 is 0 Å². The van der Waals surface area contributed by atoms with Crippen molar-refractivity contribution in [2.75, 3.05) is 20.1 Å². The van der Waals surface area contributed by atoms with Crippen LogP contribution in [0.2, 0.25) is 0 Å². The Bertz CT molecular complexity index is 88.6. The highest BCUT2D eigenvalue weighted by Gasteiger charge is 2.32. The molecule has 0 aromatic heterocycles. The van der Waals surface area contributed by atoms with Crippen LogP contribution in [-0.2, 0) is 0 Å². The summed E-state index contributed by atoms with van der Waals surface area (Å²) in [6.45, 7) is 7.07. The van der Waals surface area contributed by atoms with Crippen LogP contribution in [0.25, 0.3) is 0 Å². The molecule has 0 bridgehead atoms. The first-order chi connectivity index (χ1) is 4.24. The third kappa shape index (κ3) is 1.98. The summed E-state index contributed by atoms with van der Waals surface area (Å²) in [4.78, 5) is 2.40. The second-order valence-electron chi connectivity index (χ2n) is 3.33. The van der Waals surface area contributed by atoms with Crippen molar-refractivity contribution in [3.8, 4) is 0 Å². The molecule has 1 saturated carbocycles. The topological polar surface area (TPSA) is 3.24 Å². The van der Waals surface area contributed by atoms with Crippen molar-refractivity contribution in [3.05, 3.63) is 0 Å². The van der Waals surface area contributed by atoms with E-state index in [9.17, 15) is 0 Å². The van der Waals surface area contributed by atoms with Gasteiger partial charge in [-0.1, -0.05) is 13.8 Å². The molecule has 1 aliphatic rings. The summed E-state index contributed by atoms with van der Waals surface area (Å²) in [5.74, 6) is 2.04. The Morgan fingerprint density at radius 2 is 2.11 bits per heavy atom. The largest absolute Gasteiger partial charge is 0.306 e. The zero-order valence-corrected chi connectivity index (χ0v) is 6.72. The molecule has 1 fully saturated rings. The van der Waals surface area contributed by atoms with Gasteiger partial charge in [0.05, 0.1) is 0 Å². The van der Waals surface area contributed by atoms with Crippen molar-refractivity contribution in [2.45, 2.75) is 20.3 Å². The smallest absolute Gasteiger partial charge is 0.000914 e. The maximum atomic E-state index is 2.40. The lowest BCUT2D eigenvalue weighted by Gasteiger charge is -2.12. The van der Waals surface area contributed by atoms with Gasteiger partial charge in [0.25, 0.3) is 0 Å². The van der Waals surface area contributed by atoms with Gasteiger partial charge in [-0.15, -0.1) is 0 Å². The van der Waals surface area contributed by atoms with E-state index in [1.54, 1.807) is 0 Å². The fraction of sp³-hybridized carbons (Fsp3) is 1.00. The fourth-order valence-corrected chi connectivity index (χ4v) is 1.18. The Hall–Kier alpha value is -0.0400. The van der Waals surface area contributed by atoms with Gasteiger partial charge in [-0.2, -0.15) is 0 Å². The van der Waals surface area contributed by atoms with Crippen molar-refractivity contribution in [1.29, 1.82) is 0 Å². The molecule has 54 valence electrons. The summed E-state index contributed by atoms with van der Waals surface area (Å²) >= 11 is 0. The molecule has 0 aromatic rings. The summed E-state index contributed by atoms with van der Waals surface area (Å²) in [6.07, 6.45) is 1.46. The average molecular weight is 127 g/mol. The molecule has 1 heteroatoms. The van der Waals surface area contributed by atoms with Gasteiger partial charge in [-0.25, -0.2) is 0 Å². The van der Waals surface area contributed by atoms with Crippen molar-refractivity contribution in [2.24, 2.45) is 11.8 Å². The predicted octanol–water partition coefficient (Wildman–Crippen LogP) is 1.59. The minimum atomic E-state index is 1.01. The van der Waals surface area contributed by atoms with Crippen LogP contribution in [0.15, 0.2) is 0 Å². The second kappa shape index (κ2) is 2.70. The number of nitrogens with zero attached hydrogens (tertiary/aromatic N) is 1. The van der Waals surface area contributed by atoms with Crippen LogP contribution in [-0.4, -0.2) is 25.0 Å². The van der Waals surface area contributed by atoms with E-state index in [4.69, 9.17) is 0 Å². The predicted molar refractivity (Wildman–Crippen MR) is 40.4 cm³/mol. The van der Waals surface area contributed by atoms with E-state index < -0.39 is 0 Å². The summed E-state index contributed by atoms with van der Waals surface area (Å²) in [5.41, 5.74) is 0. The molecular weight excluding hydrogens is 110 g/mol. The van der Waals surface area contributed by atoms with Gasteiger partial charge >= 0.3 is 0 Å². The Kier molecular flexibility index (Phi) is 2.12. The SMILES string of the molecule is CCN(C)CC1CC1C. The molecule has 0 aliphatic heterocycles.